The number of amides is 1. The van der Waals surface area contributed by atoms with Crippen LogP contribution in [0, 0.1) is 5.82 Å². The van der Waals surface area contributed by atoms with Crippen LogP contribution in [0.25, 0.3) is 0 Å². The lowest BCUT2D eigenvalue weighted by atomic mass is 10.1. The summed E-state index contributed by atoms with van der Waals surface area (Å²) in [5.74, 6) is 0.950. The third-order valence-electron chi connectivity index (χ3n) is 5.29. The van der Waals surface area contributed by atoms with Crippen molar-refractivity contribution in [3.8, 4) is 0 Å². The molecule has 3 rings (SSSR count). The first-order chi connectivity index (χ1) is 13.6. The Balaban J connectivity index is 0.00000300. The number of benzene rings is 1. The minimum Gasteiger partial charge on any atom is -0.383 e. The van der Waals surface area contributed by atoms with Gasteiger partial charge in [-0.2, -0.15) is 0 Å². The Kier molecular flexibility index (Phi) is 9.57. The first-order valence-electron chi connectivity index (χ1n) is 9.83. The lowest BCUT2D eigenvalue weighted by molar-refractivity contribution is -0.122. The molecule has 2 aliphatic rings. The topological polar surface area (TPSA) is 69.2 Å². The number of ether oxygens (including phenoxy) is 1. The highest BCUT2D eigenvalue weighted by molar-refractivity contribution is 14.0. The van der Waals surface area contributed by atoms with Gasteiger partial charge < -0.3 is 20.3 Å². The van der Waals surface area contributed by atoms with Gasteiger partial charge >= 0.3 is 0 Å². The SMILES string of the molecule is CN=C(NC1CC1c1ccccc1F)N1CCN(CC(=O)NCCOC)CC1.I. The van der Waals surface area contributed by atoms with Gasteiger partial charge in [-0.3, -0.25) is 14.7 Å². The van der Waals surface area contributed by atoms with Crippen molar-refractivity contribution in [2.75, 3.05) is 60.0 Å². The Morgan fingerprint density at radius 3 is 2.66 bits per heavy atom. The zero-order valence-electron chi connectivity index (χ0n) is 17.1. The van der Waals surface area contributed by atoms with Crippen LogP contribution in [0.3, 0.4) is 0 Å². The van der Waals surface area contributed by atoms with Crippen molar-refractivity contribution in [3.05, 3.63) is 35.6 Å². The summed E-state index contributed by atoms with van der Waals surface area (Å²) in [6.45, 7) is 4.69. The fraction of sp³-hybridized carbons (Fsp3) is 0.600. The molecule has 2 N–H and O–H groups in total. The molecule has 2 fully saturated rings. The van der Waals surface area contributed by atoms with E-state index in [1.165, 1.54) is 6.07 Å². The smallest absolute Gasteiger partial charge is 0.234 e. The van der Waals surface area contributed by atoms with Crippen LogP contribution in [-0.4, -0.2) is 87.7 Å². The number of hydrogen-bond donors (Lipinski definition) is 2. The molecule has 162 valence electrons. The molecule has 7 nitrogen and oxygen atoms in total. The maximum Gasteiger partial charge on any atom is 0.234 e. The van der Waals surface area contributed by atoms with E-state index in [9.17, 15) is 9.18 Å². The number of carbonyl (C=O) groups excluding carboxylic acids is 1. The number of carbonyl (C=O) groups is 1. The summed E-state index contributed by atoms with van der Waals surface area (Å²) in [4.78, 5) is 20.7. The molecule has 29 heavy (non-hydrogen) atoms. The van der Waals surface area contributed by atoms with E-state index in [1.54, 1.807) is 20.2 Å². The second-order valence-electron chi connectivity index (χ2n) is 7.27. The van der Waals surface area contributed by atoms with E-state index in [2.05, 4.69) is 25.4 Å². The van der Waals surface area contributed by atoms with Crippen LogP contribution in [-0.2, 0) is 9.53 Å². The van der Waals surface area contributed by atoms with Crippen LogP contribution in [0.15, 0.2) is 29.3 Å². The predicted octanol–water partition coefficient (Wildman–Crippen LogP) is 1.26. The van der Waals surface area contributed by atoms with Crippen molar-refractivity contribution in [3.63, 3.8) is 0 Å². The van der Waals surface area contributed by atoms with Gasteiger partial charge in [0.15, 0.2) is 5.96 Å². The van der Waals surface area contributed by atoms with Crippen molar-refractivity contribution in [1.29, 1.82) is 0 Å². The summed E-state index contributed by atoms with van der Waals surface area (Å²) in [6.07, 6.45) is 0.918. The maximum atomic E-state index is 14.0. The van der Waals surface area contributed by atoms with Gasteiger partial charge in [-0.15, -0.1) is 24.0 Å². The number of hydrogen-bond acceptors (Lipinski definition) is 4. The molecule has 1 amide bonds. The molecule has 0 aromatic heterocycles. The largest absolute Gasteiger partial charge is 0.383 e. The molecule has 1 saturated heterocycles. The molecule has 2 atom stereocenters. The van der Waals surface area contributed by atoms with Crippen molar-refractivity contribution in [2.45, 2.75) is 18.4 Å². The molecule has 0 spiro atoms. The van der Waals surface area contributed by atoms with E-state index in [1.807, 2.05) is 12.1 Å². The monoisotopic (exact) mass is 519 g/mol. The van der Waals surface area contributed by atoms with E-state index < -0.39 is 0 Å². The molecular weight excluding hydrogens is 488 g/mol. The van der Waals surface area contributed by atoms with Crippen LogP contribution < -0.4 is 10.6 Å². The Morgan fingerprint density at radius 2 is 2.00 bits per heavy atom. The average molecular weight is 519 g/mol. The minimum absolute atomic E-state index is 0. The molecule has 1 aliphatic heterocycles. The molecule has 1 saturated carbocycles. The Morgan fingerprint density at radius 1 is 1.28 bits per heavy atom. The number of piperazine rings is 1. The van der Waals surface area contributed by atoms with Crippen molar-refractivity contribution >= 4 is 35.8 Å². The van der Waals surface area contributed by atoms with Gasteiger partial charge in [0, 0.05) is 58.8 Å². The summed E-state index contributed by atoms with van der Waals surface area (Å²) in [5.41, 5.74) is 0.778. The first kappa shape index (κ1) is 23.8. The highest BCUT2D eigenvalue weighted by Crippen LogP contribution is 2.41. The number of guanidine groups is 1. The molecule has 0 radical (unpaired) electrons. The predicted molar refractivity (Wildman–Crippen MR) is 122 cm³/mol. The van der Waals surface area contributed by atoms with Crippen molar-refractivity contribution in [1.82, 2.24) is 20.4 Å². The first-order valence-corrected chi connectivity index (χ1v) is 9.83. The number of nitrogens with zero attached hydrogens (tertiary/aromatic N) is 3. The van der Waals surface area contributed by atoms with Gasteiger partial charge in [0.25, 0.3) is 0 Å². The number of methoxy groups -OCH3 is 1. The highest BCUT2D eigenvalue weighted by atomic mass is 127. The van der Waals surface area contributed by atoms with Gasteiger partial charge in [-0.05, 0) is 18.1 Å². The summed E-state index contributed by atoms with van der Waals surface area (Å²) in [5, 5.41) is 6.32. The molecule has 2 unspecified atom stereocenters. The van der Waals surface area contributed by atoms with Crippen LogP contribution in [0.5, 0.6) is 0 Å². The van der Waals surface area contributed by atoms with Gasteiger partial charge in [0.05, 0.1) is 13.2 Å². The summed E-state index contributed by atoms with van der Waals surface area (Å²) in [7, 11) is 3.39. The van der Waals surface area contributed by atoms with Crippen LogP contribution in [0.2, 0.25) is 0 Å². The number of rotatable bonds is 7. The third-order valence-corrected chi connectivity index (χ3v) is 5.29. The second kappa shape index (κ2) is 11.7. The zero-order valence-corrected chi connectivity index (χ0v) is 19.4. The number of halogens is 2. The standard InChI is InChI=1S/C20H30FN5O2.HI/c1-22-20(24-18-13-16(18)15-5-3-4-6-17(15)21)26-10-8-25(9-11-26)14-19(27)23-7-12-28-2;/h3-6,16,18H,7-14H2,1-2H3,(H,22,24)(H,23,27);1H. The normalized spacial score (nSPS) is 22.0. The van der Waals surface area contributed by atoms with Gasteiger partial charge in [0.2, 0.25) is 5.91 Å². The summed E-state index contributed by atoms with van der Waals surface area (Å²) in [6, 6.07) is 7.21. The fourth-order valence-corrected chi connectivity index (χ4v) is 3.61. The molecule has 1 aromatic carbocycles. The molecule has 1 aliphatic carbocycles. The molecular formula is C20H31FIN5O2. The maximum absolute atomic E-state index is 14.0. The van der Waals surface area contributed by atoms with Crippen molar-refractivity contribution < 1.29 is 13.9 Å². The van der Waals surface area contributed by atoms with Gasteiger partial charge in [0.1, 0.15) is 5.82 Å². The zero-order chi connectivity index (χ0) is 19.9. The number of nitrogens with one attached hydrogen (secondary N) is 2. The van der Waals surface area contributed by atoms with Gasteiger partial charge in [-0.25, -0.2) is 4.39 Å². The number of aliphatic imine (C=N–C) groups is 1. The van der Waals surface area contributed by atoms with E-state index in [4.69, 9.17) is 4.74 Å². The van der Waals surface area contributed by atoms with Gasteiger partial charge in [-0.1, -0.05) is 18.2 Å². The molecule has 9 heteroatoms. The van der Waals surface area contributed by atoms with Crippen molar-refractivity contribution in [2.24, 2.45) is 4.99 Å². The Hall–Kier alpha value is -1.46. The average Bonchev–Trinajstić information content (AvgIpc) is 3.46. The highest BCUT2D eigenvalue weighted by Gasteiger charge is 2.41. The lowest BCUT2D eigenvalue weighted by Gasteiger charge is -2.36. The van der Waals surface area contributed by atoms with E-state index in [0.717, 1.165) is 44.1 Å². The van der Waals surface area contributed by atoms with E-state index >= 15 is 0 Å². The lowest BCUT2D eigenvalue weighted by Crippen LogP contribution is -2.54. The third kappa shape index (κ3) is 6.78. The molecule has 1 aromatic rings. The molecule has 0 bridgehead atoms. The summed E-state index contributed by atoms with van der Waals surface area (Å²) >= 11 is 0. The fourth-order valence-electron chi connectivity index (χ4n) is 3.61. The minimum atomic E-state index is -0.135. The van der Waals surface area contributed by atoms with Crippen LogP contribution in [0.1, 0.15) is 17.9 Å². The Labute approximate surface area is 189 Å². The summed E-state index contributed by atoms with van der Waals surface area (Å²) < 4.78 is 18.9. The van der Waals surface area contributed by atoms with E-state index in [-0.39, 0.29) is 47.7 Å². The second-order valence-corrected chi connectivity index (χ2v) is 7.27. The van der Waals surface area contributed by atoms with Crippen LogP contribution in [0.4, 0.5) is 4.39 Å². The quantitative estimate of drug-likeness (QED) is 0.246. The van der Waals surface area contributed by atoms with E-state index in [0.29, 0.717) is 19.7 Å². The Bertz CT molecular complexity index is 697. The molecule has 1 heterocycles. The van der Waals surface area contributed by atoms with Crippen LogP contribution >= 0.6 is 24.0 Å².